The zero-order chi connectivity index (χ0) is 50.1. The molecule has 0 aliphatic heterocycles. The fraction of sp³-hybridized carbons (Fsp3) is 0.471. The van der Waals surface area contributed by atoms with Crippen LogP contribution < -0.4 is 19.9 Å². The number of aromatic nitrogens is 6. The third-order valence-corrected chi connectivity index (χ3v) is 12.9. The van der Waals surface area contributed by atoms with Crippen LogP contribution in [-0.4, -0.2) is 34.4 Å². The Hall–Kier alpha value is -6.21. The Morgan fingerprint density at radius 2 is 0.875 bits per heavy atom. The highest BCUT2D eigenvalue weighted by Gasteiger charge is 2.22. The van der Waals surface area contributed by atoms with E-state index in [9.17, 15) is 31.4 Å². The normalized spacial score (nSPS) is 14.8. The highest BCUT2D eigenvalue weighted by atomic mass is 35.5. The van der Waals surface area contributed by atoms with E-state index in [1.807, 2.05) is 0 Å². The van der Waals surface area contributed by atoms with E-state index in [1.165, 1.54) is 51.4 Å². The lowest BCUT2D eigenvalue weighted by molar-refractivity contribution is 0.255. The summed E-state index contributed by atoms with van der Waals surface area (Å²) in [7, 11) is 0. The van der Waals surface area contributed by atoms with E-state index >= 15 is 0 Å². The molecular formula is C51H61ClF6N10O4. The number of nitrogens with two attached hydrogens (primary N) is 1. The van der Waals surface area contributed by atoms with Crippen molar-refractivity contribution in [1.29, 1.82) is 0 Å². The van der Waals surface area contributed by atoms with Crippen LogP contribution in [0.1, 0.15) is 111 Å². The van der Waals surface area contributed by atoms with Gasteiger partial charge in [-0.25, -0.2) is 40.4 Å². The predicted molar refractivity (Wildman–Crippen MR) is 259 cm³/mol. The number of aliphatic hydroxyl groups excluding tert-OH is 1. The average Bonchev–Trinajstić information content (AvgIpc) is 4.25. The Bertz CT molecular complexity index is 2580. The second-order valence-electron chi connectivity index (χ2n) is 18.2. The zero-order valence-corrected chi connectivity index (χ0v) is 40.8. The number of aliphatic hydroxyl groups is 1. The molecule has 0 spiro atoms. The van der Waals surface area contributed by atoms with E-state index in [1.54, 1.807) is 32.2 Å². The maximum absolute atomic E-state index is 13.7. The fourth-order valence-electron chi connectivity index (χ4n) is 9.18. The van der Waals surface area contributed by atoms with Crippen LogP contribution in [0.5, 0.6) is 17.6 Å². The first-order valence-corrected chi connectivity index (χ1v) is 24.2. The van der Waals surface area contributed by atoms with Crippen molar-refractivity contribution < 1.29 is 45.7 Å². The topological polar surface area (TPSA) is 176 Å². The lowest BCUT2D eigenvalue weighted by atomic mass is 10.1. The van der Waals surface area contributed by atoms with E-state index in [-0.39, 0.29) is 62.1 Å². The highest BCUT2D eigenvalue weighted by molar-refractivity contribution is 5.85. The van der Waals surface area contributed by atoms with Gasteiger partial charge in [0.05, 0.1) is 30.2 Å². The van der Waals surface area contributed by atoms with E-state index in [4.69, 9.17) is 25.5 Å². The number of hydrogen-bond acceptors (Lipinski definition) is 9. The molecule has 3 aromatic heterocycles. The molecule has 14 nitrogen and oxygen atoms in total. The SMILES string of the molecule is Cl.NCc1cc(OCc2cc(F)ccc2F)n(CC2CCCC2)n1.OCc1cc(OCc2cc(F)ccc2F)n(CC2CCCC2)n1.[N-]=[N+]=NCc1cc(OCc2cc(F)ccc2F)n(CC2CCCC2)n1. The summed E-state index contributed by atoms with van der Waals surface area (Å²) in [5.41, 5.74) is 16.4. The molecule has 0 radical (unpaired) electrons. The summed E-state index contributed by atoms with van der Waals surface area (Å²) in [6.07, 6.45) is 14.4. The van der Waals surface area contributed by atoms with Gasteiger partial charge in [-0.3, -0.25) is 0 Å². The van der Waals surface area contributed by atoms with Crippen LogP contribution in [0.4, 0.5) is 26.3 Å². The van der Waals surface area contributed by atoms with Crippen LogP contribution in [0, 0.1) is 52.7 Å². The molecular weight excluding hydrogens is 966 g/mol. The summed E-state index contributed by atoms with van der Waals surface area (Å²) in [6.45, 7) is 2.26. The first-order valence-electron chi connectivity index (χ1n) is 24.2. The zero-order valence-electron chi connectivity index (χ0n) is 40.0. The third kappa shape index (κ3) is 16.2. The number of ether oxygens (including phenoxy) is 3. The molecule has 0 amide bonds. The molecule has 388 valence electrons. The van der Waals surface area contributed by atoms with Crippen molar-refractivity contribution in [3.63, 3.8) is 0 Å². The van der Waals surface area contributed by atoms with Gasteiger partial charge in [-0.15, -0.1) is 12.4 Å². The number of halogens is 7. The van der Waals surface area contributed by atoms with Crippen molar-refractivity contribution in [3.8, 4) is 17.6 Å². The third-order valence-electron chi connectivity index (χ3n) is 12.9. The minimum Gasteiger partial charge on any atom is -0.473 e. The number of benzene rings is 3. The van der Waals surface area contributed by atoms with Gasteiger partial charge in [0.2, 0.25) is 17.6 Å². The molecule has 72 heavy (non-hydrogen) atoms. The molecule has 3 saturated carbocycles. The van der Waals surface area contributed by atoms with E-state index in [2.05, 4.69) is 25.3 Å². The minimum atomic E-state index is -0.516. The Balaban J connectivity index is 0.000000175. The van der Waals surface area contributed by atoms with E-state index < -0.39 is 34.9 Å². The molecule has 21 heteroatoms. The van der Waals surface area contributed by atoms with E-state index in [0.717, 1.165) is 99.1 Å². The standard InChI is InChI=1S/C17H19F2N5O.C17H21F2N3O.C17H20F2N2O2.ClH/c18-14-5-6-16(19)13(7-14)11-25-17-8-15(9-21-23-20)22-24(17)10-12-3-1-2-4-12;18-14-5-6-16(19)13(7-14)11-23-17-8-15(9-20)21-22(17)10-12-3-1-2-4-12;18-14-5-6-16(19)13(7-14)11-23-17-8-15(10-22)20-21(17)9-12-3-1-2-4-12;/h5-8,12H,1-4,9-11H2;5-8,12H,1-4,9-11,20H2;5-8,12,22H,1-4,9-11H2;1H. The van der Waals surface area contributed by atoms with Gasteiger partial charge >= 0.3 is 0 Å². The Labute approximate surface area is 420 Å². The maximum Gasteiger partial charge on any atom is 0.212 e. The van der Waals surface area contributed by atoms with Gasteiger partial charge in [0.1, 0.15) is 54.7 Å². The molecule has 0 bridgehead atoms. The fourth-order valence-corrected chi connectivity index (χ4v) is 9.18. The lowest BCUT2D eigenvalue weighted by Crippen LogP contribution is -2.12. The van der Waals surface area contributed by atoms with Crippen LogP contribution >= 0.6 is 12.4 Å². The van der Waals surface area contributed by atoms with Crippen LogP contribution in [0.2, 0.25) is 0 Å². The number of nitrogens with zero attached hydrogens (tertiary/aromatic N) is 9. The van der Waals surface area contributed by atoms with Gasteiger partial charge in [0, 0.05) is 66.0 Å². The van der Waals surface area contributed by atoms with Gasteiger partial charge in [-0.2, -0.15) is 15.3 Å². The summed E-state index contributed by atoms with van der Waals surface area (Å²) in [5, 5.41) is 26.0. The van der Waals surface area contributed by atoms with Gasteiger partial charge in [-0.05, 0) is 116 Å². The van der Waals surface area contributed by atoms with Gasteiger partial charge < -0.3 is 25.1 Å². The van der Waals surface area contributed by atoms with Crippen LogP contribution in [0.15, 0.2) is 77.9 Å². The van der Waals surface area contributed by atoms with Crippen molar-refractivity contribution in [2.45, 2.75) is 136 Å². The van der Waals surface area contributed by atoms with Crippen molar-refractivity contribution in [2.75, 3.05) is 0 Å². The Kier molecular flexibility index (Phi) is 21.1. The first-order chi connectivity index (χ1) is 34.5. The predicted octanol–water partition coefficient (Wildman–Crippen LogP) is 12.0. The van der Waals surface area contributed by atoms with Gasteiger partial charge in [-0.1, -0.05) is 43.6 Å². The Morgan fingerprint density at radius 1 is 0.542 bits per heavy atom. The summed E-state index contributed by atoms with van der Waals surface area (Å²) in [4.78, 5) is 2.73. The second-order valence-corrected chi connectivity index (χ2v) is 18.2. The van der Waals surface area contributed by atoms with E-state index in [0.29, 0.717) is 59.9 Å². The van der Waals surface area contributed by atoms with Crippen molar-refractivity contribution >= 4 is 12.4 Å². The van der Waals surface area contributed by atoms with Gasteiger partial charge in [0.25, 0.3) is 0 Å². The number of hydrogen-bond donors (Lipinski definition) is 2. The summed E-state index contributed by atoms with van der Waals surface area (Å²) in [6, 6.07) is 15.0. The summed E-state index contributed by atoms with van der Waals surface area (Å²) < 4.78 is 103. The molecule has 3 N–H and O–H groups in total. The second kappa shape index (κ2) is 27.6. The Morgan fingerprint density at radius 3 is 1.22 bits per heavy atom. The molecule has 0 unspecified atom stereocenters. The van der Waals surface area contributed by atoms with Crippen LogP contribution in [0.3, 0.4) is 0 Å². The monoisotopic (exact) mass is 1030 g/mol. The number of azide groups is 1. The minimum absolute atomic E-state index is 0. The van der Waals surface area contributed by atoms with Crippen molar-refractivity contribution in [1.82, 2.24) is 29.3 Å². The molecule has 3 aliphatic rings. The molecule has 6 aromatic rings. The molecule has 3 aromatic carbocycles. The maximum atomic E-state index is 13.7. The average molecular weight is 1030 g/mol. The van der Waals surface area contributed by atoms with Crippen LogP contribution in [-0.2, 0) is 59.2 Å². The first kappa shape index (κ1) is 55.1. The van der Waals surface area contributed by atoms with Gasteiger partial charge in [0.15, 0.2) is 0 Å². The quantitative estimate of drug-likeness (QED) is 0.0349. The van der Waals surface area contributed by atoms with Crippen LogP contribution in [0.25, 0.3) is 10.4 Å². The molecule has 0 saturated heterocycles. The van der Waals surface area contributed by atoms with Crippen molar-refractivity contribution in [2.24, 2.45) is 28.6 Å². The molecule has 3 aliphatic carbocycles. The molecule has 3 heterocycles. The largest absolute Gasteiger partial charge is 0.473 e. The molecule has 3 fully saturated rings. The summed E-state index contributed by atoms with van der Waals surface area (Å²) in [5.74, 6) is 0.185. The molecule has 0 atom stereocenters. The smallest absolute Gasteiger partial charge is 0.212 e. The lowest BCUT2D eigenvalue weighted by Gasteiger charge is -2.13. The summed E-state index contributed by atoms with van der Waals surface area (Å²) >= 11 is 0. The molecule has 9 rings (SSSR count). The number of rotatable bonds is 19. The highest BCUT2D eigenvalue weighted by Crippen LogP contribution is 2.31. The van der Waals surface area contributed by atoms with Crippen molar-refractivity contribution in [3.05, 3.63) is 152 Å².